The first-order valence-electron chi connectivity index (χ1n) is 6.03. The molecule has 0 unspecified atom stereocenters. The molecule has 0 aliphatic carbocycles. The van der Waals surface area contributed by atoms with Gasteiger partial charge in [0.2, 0.25) is 17.7 Å². The molecule has 0 heterocycles. The van der Waals surface area contributed by atoms with Crippen LogP contribution in [-0.4, -0.2) is 23.8 Å². The quantitative estimate of drug-likeness (QED) is 0.592. The van der Waals surface area contributed by atoms with E-state index >= 15 is 0 Å². The van der Waals surface area contributed by atoms with Crippen molar-refractivity contribution in [2.24, 2.45) is 23.1 Å². The first-order chi connectivity index (χ1) is 9.22. The molecule has 1 atom stereocenters. The molecule has 0 bridgehead atoms. The van der Waals surface area contributed by atoms with Gasteiger partial charge in [0.15, 0.2) is 0 Å². The topological polar surface area (TPSA) is 141 Å². The van der Waals surface area contributed by atoms with Crippen molar-refractivity contribution in [1.82, 2.24) is 0 Å². The lowest BCUT2D eigenvalue weighted by Crippen LogP contribution is -2.39. The fraction of sp³-hybridized carbons (Fsp3) is 0.308. The molecule has 0 aliphatic heterocycles. The van der Waals surface area contributed by atoms with Crippen LogP contribution in [0.3, 0.4) is 0 Å². The van der Waals surface area contributed by atoms with Crippen molar-refractivity contribution >= 4 is 23.4 Å². The van der Waals surface area contributed by atoms with Crippen LogP contribution in [0.4, 0.5) is 5.69 Å². The summed E-state index contributed by atoms with van der Waals surface area (Å²) >= 11 is 0. The van der Waals surface area contributed by atoms with Gasteiger partial charge in [0.05, 0.1) is 6.04 Å². The summed E-state index contributed by atoms with van der Waals surface area (Å²) < 4.78 is 0. The SMILES string of the molecule is CC(C)[C@@H](N)C(=O)Nc1cc(C(N)=O)cc(C(N)=O)c1. The maximum atomic E-state index is 11.8. The van der Waals surface area contributed by atoms with Gasteiger partial charge in [-0.05, 0) is 24.1 Å². The second-order valence-corrected chi connectivity index (χ2v) is 4.79. The number of hydrogen-bond donors (Lipinski definition) is 4. The van der Waals surface area contributed by atoms with Gasteiger partial charge in [0.25, 0.3) is 0 Å². The van der Waals surface area contributed by atoms with Crippen LogP contribution >= 0.6 is 0 Å². The van der Waals surface area contributed by atoms with E-state index in [1.54, 1.807) is 13.8 Å². The van der Waals surface area contributed by atoms with E-state index in [1.807, 2.05) is 0 Å². The second kappa shape index (κ2) is 6.16. The van der Waals surface area contributed by atoms with Crippen molar-refractivity contribution < 1.29 is 14.4 Å². The van der Waals surface area contributed by atoms with E-state index < -0.39 is 23.8 Å². The third-order valence-corrected chi connectivity index (χ3v) is 2.79. The van der Waals surface area contributed by atoms with Crippen molar-refractivity contribution in [1.29, 1.82) is 0 Å². The van der Waals surface area contributed by atoms with Crippen molar-refractivity contribution in [3.63, 3.8) is 0 Å². The molecule has 1 aromatic rings. The Hall–Kier alpha value is -2.41. The standard InChI is InChI=1S/C13H18N4O3/c1-6(2)10(14)13(20)17-9-4-7(11(15)18)3-8(5-9)12(16)19/h3-6,10H,14H2,1-2H3,(H2,15,18)(H2,16,19)(H,17,20)/t10-/m1/s1. The highest BCUT2D eigenvalue weighted by Gasteiger charge is 2.18. The fourth-order valence-electron chi connectivity index (χ4n) is 1.51. The molecular weight excluding hydrogens is 260 g/mol. The highest BCUT2D eigenvalue weighted by atomic mass is 16.2. The molecule has 7 N–H and O–H groups in total. The second-order valence-electron chi connectivity index (χ2n) is 4.79. The lowest BCUT2D eigenvalue weighted by molar-refractivity contribution is -0.118. The first kappa shape index (κ1) is 15.6. The molecule has 0 saturated heterocycles. The lowest BCUT2D eigenvalue weighted by atomic mass is 10.0. The van der Waals surface area contributed by atoms with Gasteiger partial charge in [0, 0.05) is 16.8 Å². The summed E-state index contributed by atoms with van der Waals surface area (Å²) in [5.41, 5.74) is 16.4. The lowest BCUT2D eigenvalue weighted by Gasteiger charge is -2.16. The number of rotatable bonds is 5. The number of nitrogens with one attached hydrogen (secondary N) is 1. The molecule has 0 radical (unpaired) electrons. The number of amides is 3. The normalized spacial score (nSPS) is 12.0. The van der Waals surface area contributed by atoms with Crippen LogP contribution in [-0.2, 0) is 4.79 Å². The van der Waals surface area contributed by atoms with E-state index in [0.717, 1.165) is 0 Å². The molecule has 0 aromatic heterocycles. The first-order valence-corrected chi connectivity index (χ1v) is 6.03. The van der Waals surface area contributed by atoms with Gasteiger partial charge in [-0.2, -0.15) is 0 Å². The molecule has 3 amide bonds. The Kier molecular flexibility index (Phi) is 4.82. The predicted molar refractivity (Wildman–Crippen MR) is 74.9 cm³/mol. The number of benzene rings is 1. The zero-order valence-corrected chi connectivity index (χ0v) is 11.3. The van der Waals surface area contributed by atoms with Gasteiger partial charge in [0.1, 0.15) is 0 Å². The van der Waals surface area contributed by atoms with Gasteiger partial charge < -0.3 is 22.5 Å². The zero-order valence-electron chi connectivity index (χ0n) is 11.3. The summed E-state index contributed by atoms with van der Waals surface area (Å²) in [5.74, 6) is -1.92. The fourth-order valence-corrected chi connectivity index (χ4v) is 1.51. The molecule has 0 saturated carbocycles. The van der Waals surface area contributed by atoms with Crippen molar-refractivity contribution in [2.45, 2.75) is 19.9 Å². The highest BCUT2D eigenvalue weighted by Crippen LogP contribution is 2.15. The Bertz CT molecular complexity index is 522. The van der Waals surface area contributed by atoms with Crippen LogP contribution in [0.15, 0.2) is 18.2 Å². The summed E-state index contributed by atoms with van der Waals surface area (Å²) in [6.07, 6.45) is 0. The van der Waals surface area contributed by atoms with Gasteiger partial charge in [-0.15, -0.1) is 0 Å². The molecule has 20 heavy (non-hydrogen) atoms. The van der Waals surface area contributed by atoms with Crippen LogP contribution in [0.1, 0.15) is 34.6 Å². The van der Waals surface area contributed by atoms with E-state index in [1.165, 1.54) is 18.2 Å². The average molecular weight is 278 g/mol. The predicted octanol–water partition coefficient (Wildman–Crippen LogP) is -0.194. The van der Waals surface area contributed by atoms with E-state index in [4.69, 9.17) is 17.2 Å². The number of carbonyl (C=O) groups excluding carboxylic acids is 3. The third-order valence-electron chi connectivity index (χ3n) is 2.79. The largest absolute Gasteiger partial charge is 0.366 e. The van der Waals surface area contributed by atoms with Gasteiger partial charge in [-0.3, -0.25) is 14.4 Å². The maximum Gasteiger partial charge on any atom is 0.248 e. The monoisotopic (exact) mass is 278 g/mol. The van der Waals surface area contributed by atoms with Gasteiger partial charge in [-0.25, -0.2) is 0 Å². The molecular formula is C13H18N4O3. The minimum Gasteiger partial charge on any atom is -0.366 e. The maximum absolute atomic E-state index is 11.8. The van der Waals surface area contributed by atoms with E-state index in [2.05, 4.69) is 5.32 Å². The van der Waals surface area contributed by atoms with Crippen LogP contribution in [0.25, 0.3) is 0 Å². The minimum absolute atomic E-state index is 0.0510. The molecule has 0 spiro atoms. The molecule has 7 nitrogen and oxygen atoms in total. The Morgan fingerprint density at radius 1 is 1.00 bits per heavy atom. The van der Waals surface area contributed by atoms with Gasteiger partial charge >= 0.3 is 0 Å². The van der Waals surface area contributed by atoms with Crippen LogP contribution < -0.4 is 22.5 Å². The van der Waals surface area contributed by atoms with E-state index in [9.17, 15) is 14.4 Å². The molecule has 108 valence electrons. The van der Waals surface area contributed by atoms with Crippen molar-refractivity contribution in [3.05, 3.63) is 29.3 Å². The minimum atomic E-state index is -0.725. The molecule has 1 aromatic carbocycles. The number of nitrogens with two attached hydrogens (primary N) is 3. The highest BCUT2D eigenvalue weighted by molar-refractivity contribution is 6.02. The Morgan fingerprint density at radius 3 is 1.80 bits per heavy atom. The number of carbonyl (C=O) groups is 3. The van der Waals surface area contributed by atoms with Crippen LogP contribution in [0.5, 0.6) is 0 Å². The van der Waals surface area contributed by atoms with E-state index in [-0.39, 0.29) is 22.7 Å². The average Bonchev–Trinajstić information content (AvgIpc) is 2.36. The zero-order chi connectivity index (χ0) is 15.4. The number of hydrogen-bond acceptors (Lipinski definition) is 4. The Morgan fingerprint density at radius 2 is 1.45 bits per heavy atom. The third kappa shape index (κ3) is 3.79. The van der Waals surface area contributed by atoms with Crippen molar-refractivity contribution in [2.75, 3.05) is 5.32 Å². The number of primary amides is 2. The summed E-state index contributed by atoms with van der Waals surface area (Å²) in [4.78, 5) is 34.2. The summed E-state index contributed by atoms with van der Waals surface area (Å²) in [6, 6.07) is 3.28. The summed E-state index contributed by atoms with van der Waals surface area (Å²) in [6.45, 7) is 3.61. The summed E-state index contributed by atoms with van der Waals surface area (Å²) in [5, 5.41) is 2.53. The van der Waals surface area contributed by atoms with Crippen LogP contribution in [0.2, 0.25) is 0 Å². The Labute approximate surface area is 116 Å². The summed E-state index contributed by atoms with van der Waals surface area (Å²) in [7, 11) is 0. The van der Waals surface area contributed by atoms with Crippen molar-refractivity contribution in [3.8, 4) is 0 Å². The van der Waals surface area contributed by atoms with Crippen LogP contribution in [0, 0.1) is 5.92 Å². The molecule has 1 rings (SSSR count). The number of anilines is 1. The smallest absolute Gasteiger partial charge is 0.248 e. The molecule has 7 heteroatoms. The molecule has 0 aliphatic rings. The Balaban J connectivity index is 3.09. The van der Waals surface area contributed by atoms with Gasteiger partial charge in [-0.1, -0.05) is 13.8 Å². The molecule has 0 fully saturated rings. The van der Waals surface area contributed by atoms with E-state index in [0.29, 0.717) is 0 Å².